The first-order valence-corrected chi connectivity index (χ1v) is 4.08. The Labute approximate surface area is 82.3 Å². The van der Waals surface area contributed by atoms with Crippen LogP contribution in [-0.2, 0) is 0 Å². The molecule has 1 aromatic carbocycles. The highest BCUT2D eigenvalue weighted by Gasteiger charge is 2.02. The highest BCUT2D eigenvalue weighted by molar-refractivity contribution is 6.08. The molecule has 0 N–H and O–H groups in total. The first-order chi connectivity index (χ1) is 6.59. The van der Waals surface area contributed by atoms with E-state index in [1.54, 1.807) is 19.0 Å². The van der Waals surface area contributed by atoms with Crippen LogP contribution in [0.5, 0.6) is 0 Å². The molecule has 14 heavy (non-hydrogen) atoms. The van der Waals surface area contributed by atoms with Gasteiger partial charge < -0.3 is 4.90 Å². The van der Waals surface area contributed by atoms with Crippen molar-refractivity contribution in [1.29, 1.82) is 0 Å². The smallest absolute Gasteiger partial charge is 0.237 e. The molecule has 0 aliphatic carbocycles. The van der Waals surface area contributed by atoms with Crippen LogP contribution in [0.3, 0.4) is 0 Å². The van der Waals surface area contributed by atoms with Crippen molar-refractivity contribution >= 4 is 5.78 Å². The largest absolute Gasteiger partial charge is 0.338 e. The summed E-state index contributed by atoms with van der Waals surface area (Å²) in [5, 5.41) is 0. The number of benzene rings is 1. The Morgan fingerprint density at radius 3 is 2.71 bits per heavy atom. The second-order valence-electron chi connectivity index (χ2n) is 2.97. The summed E-state index contributed by atoms with van der Waals surface area (Å²) in [6.07, 6.45) is 0. The molecule has 1 rings (SSSR count). The van der Waals surface area contributed by atoms with Crippen LogP contribution in [0.15, 0.2) is 24.3 Å². The number of halogens is 1. The molecule has 0 heterocycles. The van der Waals surface area contributed by atoms with Gasteiger partial charge in [-0.05, 0) is 18.1 Å². The van der Waals surface area contributed by atoms with Gasteiger partial charge in [0.05, 0.1) is 0 Å². The van der Waals surface area contributed by atoms with Gasteiger partial charge in [-0.1, -0.05) is 12.1 Å². The molecule has 0 amide bonds. The van der Waals surface area contributed by atoms with E-state index in [2.05, 4.69) is 12.0 Å². The molecular formula is C11H10FNO. The lowest BCUT2D eigenvalue weighted by Crippen LogP contribution is -2.03. The number of carbonyl (C=O) groups excluding carboxylic acids is 1. The molecule has 0 unspecified atom stereocenters. The molecule has 0 atom stereocenters. The minimum atomic E-state index is -0.428. The van der Waals surface area contributed by atoms with Crippen molar-refractivity contribution in [2.24, 2.45) is 0 Å². The first-order valence-electron chi connectivity index (χ1n) is 4.08. The Balaban J connectivity index is 2.87. The zero-order valence-corrected chi connectivity index (χ0v) is 8.04. The third-order valence-corrected chi connectivity index (χ3v) is 1.48. The lowest BCUT2D eigenvalue weighted by molar-refractivity contribution is 0.105. The Kier molecular flexibility index (Phi) is 3.24. The van der Waals surface area contributed by atoms with Crippen molar-refractivity contribution in [2.75, 3.05) is 14.1 Å². The van der Waals surface area contributed by atoms with Crippen LogP contribution in [-0.4, -0.2) is 24.8 Å². The molecule has 72 valence electrons. The molecule has 2 nitrogen and oxygen atoms in total. The number of hydrogen-bond acceptors (Lipinski definition) is 2. The number of rotatable bonds is 1. The van der Waals surface area contributed by atoms with Crippen molar-refractivity contribution in [1.82, 2.24) is 4.90 Å². The number of hydrogen-bond donors (Lipinski definition) is 0. The monoisotopic (exact) mass is 191 g/mol. The number of Topliss-reactive ketones (excluding diaryl/α,β-unsaturated/α-hetero) is 1. The van der Waals surface area contributed by atoms with Crippen LogP contribution in [0.1, 0.15) is 10.4 Å². The average Bonchev–Trinajstić information content (AvgIpc) is 2.14. The lowest BCUT2D eigenvalue weighted by Gasteiger charge is -1.97. The first kappa shape index (κ1) is 10.3. The van der Waals surface area contributed by atoms with E-state index in [1.165, 1.54) is 24.3 Å². The fraction of sp³-hybridized carbons (Fsp3) is 0.182. The molecule has 0 aliphatic heterocycles. The maximum Gasteiger partial charge on any atom is 0.237 e. The second kappa shape index (κ2) is 4.43. The van der Waals surface area contributed by atoms with E-state index in [1.807, 2.05) is 0 Å². The fourth-order valence-electron chi connectivity index (χ4n) is 0.864. The van der Waals surface area contributed by atoms with Crippen LogP contribution < -0.4 is 0 Å². The maximum atomic E-state index is 12.7. The summed E-state index contributed by atoms with van der Waals surface area (Å²) in [4.78, 5) is 12.9. The fourth-order valence-corrected chi connectivity index (χ4v) is 0.864. The van der Waals surface area contributed by atoms with Gasteiger partial charge in [-0.2, -0.15) is 0 Å². The van der Waals surface area contributed by atoms with Gasteiger partial charge in [0.2, 0.25) is 5.78 Å². The van der Waals surface area contributed by atoms with Gasteiger partial charge in [0.1, 0.15) is 5.82 Å². The van der Waals surface area contributed by atoms with E-state index in [0.717, 1.165) is 0 Å². The normalized spacial score (nSPS) is 8.79. The summed E-state index contributed by atoms with van der Waals surface area (Å²) >= 11 is 0. The quantitative estimate of drug-likeness (QED) is 0.381. The number of ketones is 1. The molecule has 0 aliphatic rings. The van der Waals surface area contributed by atoms with Gasteiger partial charge in [-0.15, -0.1) is 0 Å². The summed E-state index contributed by atoms with van der Waals surface area (Å²) in [6, 6.07) is 8.06. The standard InChI is InChI=1S/C11H10FNO/c1-13(2)7-6-11(14)9-4-3-5-10(12)8-9/h3-5,8H,1-2H3. The Morgan fingerprint density at radius 2 is 2.14 bits per heavy atom. The topological polar surface area (TPSA) is 20.3 Å². The van der Waals surface area contributed by atoms with E-state index in [9.17, 15) is 9.18 Å². The molecule has 0 fully saturated rings. The van der Waals surface area contributed by atoms with Gasteiger partial charge in [-0.3, -0.25) is 4.79 Å². The lowest BCUT2D eigenvalue weighted by atomic mass is 10.1. The molecule has 0 aromatic heterocycles. The average molecular weight is 191 g/mol. The summed E-state index contributed by atoms with van der Waals surface area (Å²) in [6.45, 7) is 0. The molecule has 0 radical (unpaired) electrons. The summed E-state index contributed by atoms with van der Waals surface area (Å²) in [5.74, 6) is 1.59. The van der Waals surface area contributed by atoms with Crippen molar-refractivity contribution in [3.8, 4) is 12.0 Å². The Hall–Kier alpha value is -1.82. The SMILES string of the molecule is CN(C)C#CC(=O)c1cccc(F)c1. The van der Waals surface area contributed by atoms with Crippen molar-refractivity contribution in [2.45, 2.75) is 0 Å². The molecule has 0 saturated heterocycles. The molecule has 1 aromatic rings. The predicted molar refractivity (Wildman–Crippen MR) is 52.2 cm³/mol. The third kappa shape index (κ3) is 2.91. The minimum absolute atomic E-state index is 0.277. The molecule has 0 bridgehead atoms. The van der Waals surface area contributed by atoms with Crippen molar-refractivity contribution < 1.29 is 9.18 Å². The van der Waals surface area contributed by atoms with Gasteiger partial charge in [0.25, 0.3) is 0 Å². The number of nitrogens with zero attached hydrogens (tertiary/aromatic N) is 1. The van der Waals surface area contributed by atoms with Crippen LogP contribution >= 0.6 is 0 Å². The van der Waals surface area contributed by atoms with Crippen LogP contribution in [0.2, 0.25) is 0 Å². The van der Waals surface area contributed by atoms with Gasteiger partial charge in [-0.25, -0.2) is 4.39 Å². The summed E-state index contributed by atoms with van der Waals surface area (Å²) < 4.78 is 12.7. The Morgan fingerprint density at radius 1 is 1.43 bits per heavy atom. The van der Waals surface area contributed by atoms with E-state index in [-0.39, 0.29) is 11.3 Å². The van der Waals surface area contributed by atoms with Crippen LogP contribution in [0, 0.1) is 17.8 Å². The molecule has 3 heteroatoms. The predicted octanol–water partition coefficient (Wildman–Crippen LogP) is 1.53. The molecule has 0 spiro atoms. The second-order valence-corrected chi connectivity index (χ2v) is 2.97. The van der Waals surface area contributed by atoms with E-state index in [0.29, 0.717) is 0 Å². The van der Waals surface area contributed by atoms with E-state index >= 15 is 0 Å². The third-order valence-electron chi connectivity index (χ3n) is 1.48. The zero-order chi connectivity index (χ0) is 10.6. The van der Waals surface area contributed by atoms with Crippen molar-refractivity contribution in [3.05, 3.63) is 35.6 Å². The van der Waals surface area contributed by atoms with Gasteiger partial charge >= 0.3 is 0 Å². The highest BCUT2D eigenvalue weighted by atomic mass is 19.1. The van der Waals surface area contributed by atoms with Crippen LogP contribution in [0.4, 0.5) is 4.39 Å². The molecule has 0 saturated carbocycles. The summed E-state index contributed by atoms with van der Waals surface area (Å²) in [5.41, 5.74) is 0.277. The van der Waals surface area contributed by atoms with Crippen LogP contribution in [0.25, 0.3) is 0 Å². The Bertz CT molecular complexity index is 401. The van der Waals surface area contributed by atoms with E-state index < -0.39 is 5.82 Å². The number of carbonyl (C=O) groups is 1. The zero-order valence-electron chi connectivity index (χ0n) is 8.04. The van der Waals surface area contributed by atoms with Crippen molar-refractivity contribution in [3.63, 3.8) is 0 Å². The summed E-state index contributed by atoms with van der Waals surface area (Å²) in [7, 11) is 3.46. The van der Waals surface area contributed by atoms with E-state index in [4.69, 9.17) is 0 Å². The highest BCUT2D eigenvalue weighted by Crippen LogP contribution is 2.03. The molecular weight excluding hydrogens is 181 g/mol. The van der Waals surface area contributed by atoms with Gasteiger partial charge in [0.15, 0.2) is 0 Å². The van der Waals surface area contributed by atoms with Gasteiger partial charge in [0, 0.05) is 25.7 Å². The minimum Gasteiger partial charge on any atom is -0.338 e. The maximum absolute atomic E-state index is 12.7.